The van der Waals surface area contributed by atoms with E-state index in [2.05, 4.69) is 61.2 Å². The quantitative estimate of drug-likeness (QED) is 0.765. The van der Waals surface area contributed by atoms with Crippen LogP contribution in [-0.4, -0.2) is 43.9 Å². The second kappa shape index (κ2) is 11.1. The van der Waals surface area contributed by atoms with Gasteiger partial charge >= 0.3 is 0 Å². The normalized spacial score (nSPS) is 17.0. The highest BCUT2D eigenvalue weighted by Gasteiger charge is 2.12. The van der Waals surface area contributed by atoms with E-state index in [4.69, 9.17) is 14.2 Å². The van der Waals surface area contributed by atoms with Gasteiger partial charge in [0.1, 0.15) is 18.1 Å². The predicted molar refractivity (Wildman–Crippen MR) is 113 cm³/mol. The highest BCUT2D eigenvalue weighted by atomic mass is 16.5. The molecule has 28 heavy (non-hydrogen) atoms. The van der Waals surface area contributed by atoms with Gasteiger partial charge in [-0.2, -0.15) is 0 Å². The average molecular weight is 384 g/mol. The Morgan fingerprint density at radius 1 is 0.929 bits per heavy atom. The standard InChI is InChI=1S/C24H33NO3/c1-20(2)28-24-13-6-4-11-22(24)19-25-14-17-26-16-8-7-10-21-9-3-5-12-23(21)27-18-15-25/h3-6,9,11-13,20H,7-8,10,14-19H2,1-2H3. The Morgan fingerprint density at radius 2 is 1.71 bits per heavy atom. The maximum absolute atomic E-state index is 6.15. The first-order valence-corrected chi connectivity index (χ1v) is 10.5. The fourth-order valence-electron chi connectivity index (χ4n) is 3.47. The zero-order valence-corrected chi connectivity index (χ0v) is 17.2. The first-order valence-electron chi connectivity index (χ1n) is 10.5. The molecule has 1 heterocycles. The Bertz CT molecular complexity index is 717. The number of rotatable bonds is 4. The number of fused-ring (bicyclic) bond motifs is 1. The molecule has 0 aliphatic carbocycles. The molecule has 152 valence electrons. The van der Waals surface area contributed by atoms with Crippen molar-refractivity contribution >= 4 is 0 Å². The lowest BCUT2D eigenvalue weighted by molar-refractivity contribution is 0.0927. The van der Waals surface area contributed by atoms with Gasteiger partial charge in [-0.3, -0.25) is 4.90 Å². The van der Waals surface area contributed by atoms with Crippen molar-refractivity contribution in [3.63, 3.8) is 0 Å². The zero-order chi connectivity index (χ0) is 19.6. The third-order valence-corrected chi connectivity index (χ3v) is 4.90. The smallest absolute Gasteiger partial charge is 0.124 e. The van der Waals surface area contributed by atoms with Crippen LogP contribution < -0.4 is 9.47 Å². The van der Waals surface area contributed by atoms with Crippen LogP contribution in [0, 0.1) is 0 Å². The third kappa shape index (κ3) is 6.54. The molecular weight excluding hydrogens is 350 g/mol. The van der Waals surface area contributed by atoms with Crippen molar-refractivity contribution in [1.82, 2.24) is 4.90 Å². The van der Waals surface area contributed by atoms with Crippen molar-refractivity contribution in [2.24, 2.45) is 0 Å². The topological polar surface area (TPSA) is 30.9 Å². The van der Waals surface area contributed by atoms with Gasteiger partial charge < -0.3 is 14.2 Å². The second-order valence-electron chi connectivity index (χ2n) is 7.58. The molecule has 0 N–H and O–H groups in total. The van der Waals surface area contributed by atoms with Crippen LogP contribution in [0.1, 0.15) is 37.8 Å². The molecule has 0 bridgehead atoms. The molecule has 0 atom stereocenters. The van der Waals surface area contributed by atoms with Crippen LogP contribution in [0.4, 0.5) is 0 Å². The summed E-state index contributed by atoms with van der Waals surface area (Å²) in [6.45, 7) is 8.95. The minimum absolute atomic E-state index is 0.166. The first kappa shape index (κ1) is 20.7. The molecule has 0 radical (unpaired) electrons. The molecule has 2 aromatic carbocycles. The molecule has 0 saturated carbocycles. The van der Waals surface area contributed by atoms with Crippen LogP contribution in [0.3, 0.4) is 0 Å². The van der Waals surface area contributed by atoms with Crippen LogP contribution in [0.5, 0.6) is 11.5 Å². The van der Waals surface area contributed by atoms with Gasteiger partial charge in [0.05, 0.1) is 12.7 Å². The minimum atomic E-state index is 0.166. The molecule has 1 aliphatic rings. The molecule has 4 heteroatoms. The van der Waals surface area contributed by atoms with Crippen LogP contribution in [0.25, 0.3) is 0 Å². The molecule has 0 aromatic heterocycles. The molecule has 3 rings (SSSR count). The Balaban J connectivity index is 1.67. The molecule has 2 aromatic rings. The van der Waals surface area contributed by atoms with Gasteiger partial charge in [-0.15, -0.1) is 0 Å². The molecule has 0 amide bonds. The molecule has 0 unspecified atom stereocenters. The summed E-state index contributed by atoms with van der Waals surface area (Å²) in [5.74, 6) is 1.98. The minimum Gasteiger partial charge on any atom is -0.492 e. The third-order valence-electron chi connectivity index (χ3n) is 4.90. The van der Waals surface area contributed by atoms with Crippen LogP contribution in [0.15, 0.2) is 48.5 Å². The molecule has 4 nitrogen and oxygen atoms in total. The van der Waals surface area contributed by atoms with Gasteiger partial charge in [0, 0.05) is 31.8 Å². The summed E-state index contributed by atoms with van der Waals surface area (Å²) in [6, 6.07) is 16.7. The zero-order valence-electron chi connectivity index (χ0n) is 17.2. The SMILES string of the molecule is CC(C)Oc1ccccc1CN1CCOCCCCc2ccccc2OCC1. The maximum atomic E-state index is 6.15. The van der Waals surface area contributed by atoms with E-state index < -0.39 is 0 Å². The van der Waals surface area contributed by atoms with E-state index in [0.29, 0.717) is 6.61 Å². The van der Waals surface area contributed by atoms with E-state index in [1.165, 1.54) is 11.1 Å². The molecule has 0 spiro atoms. The van der Waals surface area contributed by atoms with Gasteiger partial charge in [0.2, 0.25) is 0 Å². The largest absolute Gasteiger partial charge is 0.492 e. The fraction of sp³-hybridized carbons (Fsp3) is 0.500. The lowest BCUT2D eigenvalue weighted by Crippen LogP contribution is -2.31. The van der Waals surface area contributed by atoms with Gasteiger partial charge in [-0.25, -0.2) is 0 Å². The van der Waals surface area contributed by atoms with Crippen LogP contribution in [-0.2, 0) is 17.7 Å². The highest BCUT2D eigenvalue weighted by Crippen LogP contribution is 2.22. The number of ether oxygens (including phenoxy) is 3. The first-order chi connectivity index (χ1) is 13.7. The molecular formula is C24H33NO3. The molecule has 0 fully saturated rings. The summed E-state index contributed by atoms with van der Waals surface area (Å²) >= 11 is 0. The highest BCUT2D eigenvalue weighted by molar-refractivity contribution is 5.34. The van der Waals surface area contributed by atoms with Crippen LogP contribution >= 0.6 is 0 Å². The predicted octanol–water partition coefficient (Wildman–Crippen LogP) is 4.71. The molecule has 1 aliphatic heterocycles. The van der Waals surface area contributed by atoms with E-state index in [-0.39, 0.29) is 6.10 Å². The summed E-state index contributed by atoms with van der Waals surface area (Å²) in [5.41, 5.74) is 2.50. The summed E-state index contributed by atoms with van der Waals surface area (Å²) < 4.78 is 18.0. The second-order valence-corrected chi connectivity index (χ2v) is 7.58. The summed E-state index contributed by atoms with van der Waals surface area (Å²) in [7, 11) is 0. The number of aryl methyl sites for hydroxylation is 1. The summed E-state index contributed by atoms with van der Waals surface area (Å²) in [6.07, 6.45) is 3.42. The van der Waals surface area contributed by atoms with E-state index in [1.54, 1.807) is 0 Å². The Kier molecular flexibility index (Phi) is 8.19. The average Bonchev–Trinajstić information content (AvgIpc) is 2.70. The lowest BCUT2D eigenvalue weighted by atomic mass is 10.1. The van der Waals surface area contributed by atoms with Gasteiger partial charge in [0.15, 0.2) is 0 Å². The van der Waals surface area contributed by atoms with Gasteiger partial charge in [-0.1, -0.05) is 36.4 Å². The number of benzene rings is 2. The lowest BCUT2D eigenvalue weighted by Gasteiger charge is -2.24. The Hall–Kier alpha value is -2.04. The summed E-state index contributed by atoms with van der Waals surface area (Å²) in [5, 5.41) is 0. The van der Waals surface area contributed by atoms with Crippen LogP contribution in [0.2, 0.25) is 0 Å². The van der Waals surface area contributed by atoms with E-state index in [1.807, 2.05) is 6.07 Å². The monoisotopic (exact) mass is 383 g/mol. The van der Waals surface area contributed by atoms with Crippen molar-refractivity contribution in [2.75, 3.05) is 32.9 Å². The Labute approximate surface area is 169 Å². The van der Waals surface area contributed by atoms with Crippen molar-refractivity contribution < 1.29 is 14.2 Å². The number of hydrogen-bond acceptors (Lipinski definition) is 4. The maximum Gasteiger partial charge on any atom is 0.124 e. The van der Waals surface area contributed by atoms with Gasteiger partial charge in [0.25, 0.3) is 0 Å². The van der Waals surface area contributed by atoms with Crippen molar-refractivity contribution in [2.45, 2.75) is 45.8 Å². The molecule has 0 saturated heterocycles. The number of hydrogen-bond donors (Lipinski definition) is 0. The fourth-order valence-corrected chi connectivity index (χ4v) is 3.47. The van der Waals surface area contributed by atoms with E-state index in [9.17, 15) is 0 Å². The number of para-hydroxylation sites is 2. The number of nitrogens with zero attached hydrogens (tertiary/aromatic N) is 1. The van der Waals surface area contributed by atoms with E-state index >= 15 is 0 Å². The van der Waals surface area contributed by atoms with Crippen molar-refractivity contribution in [3.05, 3.63) is 59.7 Å². The van der Waals surface area contributed by atoms with Crippen molar-refractivity contribution in [3.8, 4) is 11.5 Å². The van der Waals surface area contributed by atoms with Gasteiger partial charge in [-0.05, 0) is 50.8 Å². The summed E-state index contributed by atoms with van der Waals surface area (Å²) in [4.78, 5) is 2.39. The van der Waals surface area contributed by atoms with Crippen molar-refractivity contribution in [1.29, 1.82) is 0 Å². The Morgan fingerprint density at radius 3 is 2.61 bits per heavy atom. The van der Waals surface area contributed by atoms with E-state index in [0.717, 1.165) is 63.6 Å².